The highest BCUT2D eigenvalue weighted by Crippen LogP contribution is 2.22. The minimum atomic E-state index is 0.615. The average molecular weight is 274 g/mol. The zero-order valence-electron chi connectivity index (χ0n) is 10.8. The highest BCUT2D eigenvalue weighted by atomic mass is 32.1. The second-order valence-corrected chi connectivity index (χ2v) is 5.69. The lowest BCUT2D eigenvalue weighted by Crippen LogP contribution is -2.42. The number of piperidine rings is 1. The molecule has 0 radical (unpaired) electrons. The molecule has 0 spiro atoms. The Kier molecular flexibility index (Phi) is 4.05. The maximum Gasteiger partial charge on any atom is 0.185 e. The Balaban J connectivity index is 1.46. The highest BCUT2D eigenvalue weighted by Gasteiger charge is 2.19. The van der Waals surface area contributed by atoms with Crippen LogP contribution in [0.25, 0.3) is 0 Å². The van der Waals surface area contributed by atoms with Crippen LogP contribution >= 0.6 is 11.3 Å². The third-order valence-electron chi connectivity index (χ3n) is 3.53. The summed E-state index contributed by atoms with van der Waals surface area (Å²) in [6, 6.07) is 4.75. The standard InChI is InChI=1S/C14H18N4S/c1-5-15-6-2-12(1)11-17-13-3-8-18(9-4-13)14-16-7-10-19-14/h1-2,5-7,10,13,17H,3-4,8-9,11H2. The van der Waals surface area contributed by atoms with Crippen molar-refractivity contribution in [1.29, 1.82) is 0 Å². The summed E-state index contributed by atoms with van der Waals surface area (Å²) in [5, 5.41) is 6.84. The molecule has 0 aliphatic carbocycles. The van der Waals surface area contributed by atoms with Gasteiger partial charge >= 0.3 is 0 Å². The summed E-state index contributed by atoms with van der Waals surface area (Å²) in [4.78, 5) is 10.8. The second-order valence-electron chi connectivity index (χ2n) is 4.81. The summed E-state index contributed by atoms with van der Waals surface area (Å²) >= 11 is 1.73. The van der Waals surface area contributed by atoms with Crippen molar-refractivity contribution in [2.24, 2.45) is 0 Å². The summed E-state index contributed by atoms with van der Waals surface area (Å²) in [7, 11) is 0. The largest absolute Gasteiger partial charge is 0.348 e. The van der Waals surface area contributed by atoms with Crippen LogP contribution in [-0.4, -0.2) is 29.1 Å². The average Bonchev–Trinajstić information content (AvgIpc) is 3.01. The van der Waals surface area contributed by atoms with Gasteiger partial charge in [-0.15, -0.1) is 11.3 Å². The zero-order chi connectivity index (χ0) is 12.9. The summed E-state index contributed by atoms with van der Waals surface area (Å²) in [5.74, 6) is 0. The molecule has 0 bridgehead atoms. The molecule has 3 heterocycles. The van der Waals surface area contributed by atoms with Crippen LogP contribution in [0.4, 0.5) is 5.13 Å². The van der Waals surface area contributed by atoms with Gasteiger partial charge in [0.25, 0.3) is 0 Å². The topological polar surface area (TPSA) is 41.0 Å². The number of pyridine rings is 1. The van der Waals surface area contributed by atoms with E-state index in [4.69, 9.17) is 0 Å². The minimum absolute atomic E-state index is 0.615. The smallest absolute Gasteiger partial charge is 0.185 e. The van der Waals surface area contributed by atoms with E-state index in [9.17, 15) is 0 Å². The maximum absolute atomic E-state index is 4.38. The molecule has 0 saturated carbocycles. The third kappa shape index (κ3) is 3.30. The van der Waals surface area contributed by atoms with Crippen LogP contribution in [-0.2, 0) is 6.54 Å². The van der Waals surface area contributed by atoms with Crippen molar-refractivity contribution in [3.8, 4) is 0 Å². The molecule has 5 heteroatoms. The van der Waals surface area contributed by atoms with Crippen molar-refractivity contribution < 1.29 is 0 Å². The molecular weight excluding hydrogens is 256 g/mol. The number of anilines is 1. The highest BCUT2D eigenvalue weighted by molar-refractivity contribution is 7.13. The first-order chi connectivity index (χ1) is 9.42. The molecule has 1 saturated heterocycles. The first-order valence-corrected chi connectivity index (χ1v) is 7.56. The summed E-state index contributed by atoms with van der Waals surface area (Å²) in [6.07, 6.45) is 7.95. The molecule has 4 nitrogen and oxygen atoms in total. The van der Waals surface area contributed by atoms with Gasteiger partial charge in [-0.1, -0.05) is 0 Å². The van der Waals surface area contributed by atoms with Gasteiger partial charge in [-0.3, -0.25) is 4.98 Å². The Hall–Kier alpha value is -1.46. The van der Waals surface area contributed by atoms with Gasteiger partial charge in [-0.05, 0) is 30.5 Å². The molecule has 1 aliphatic rings. The number of rotatable bonds is 4. The first kappa shape index (κ1) is 12.6. The van der Waals surface area contributed by atoms with Crippen LogP contribution in [0.2, 0.25) is 0 Å². The molecule has 0 unspecified atom stereocenters. The van der Waals surface area contributed by atoms with Gasteiger partial charge < -0.3 is 10.2 Å². The van der Waals surface area contributed by atoms with E-state index in [0.717, 1.165) is 24.8 Å². The summed E-state index contributed by atoms with van der Waals surface area (Å²) < 4.78 is 0. The predicted molar refractivity (Wildman–Crippen MR) is 78.4 cm³/mol. The van der Waals surface area contributed by atoms with Crippen LogP contribution in [0.3, 0.4) is 0 Å². The number of thiazole rings is 1. The number of hydrogen-bond acceptors (Lipinski definition) is 5. The predicted octanol–water partition coefficient (Wildman–Crippen LogP) is 2.30. The molecule has 2 aromatic heterocycles. The number of nitrogens with zero attached hydrogens (tertiary/aromatic N) is 3. The zero-order valence-corrected chi connectivity index (χ0v) is 11.6. The molecule has 1 N–H and O–H groups in total. The van der Waals surface area contributed by atoms with Gasteiger partial charge in [0.05, 0.1) is 0 Å². The monoisotopic (exact) mass is 274 g/mol. The lowest BCUT2D eigenvalue weighted by Gasteiger charge is -2.32. The van der Waals surface area contributed by atoms with Gasteiger partial charge in [0.15, 0.2) is 5.13 Å². The molecule has 19 heavy (non-hydrogen) atoms. The molecule has 0 aromatic carbocycles. The second kappa shape index (κ2) is 6.12. The fourth-order valence-electron chi connectivity index (χ4n) is 2.41. The normalized spacial score (nSPS) is 16.7. The van der Waals surface area contributed by atoms with Crippen molar-refractivity contribution in [3.63, 3.8) is 0 Å². The Morgan fingerprint density at radius 2 is 2.00 bits per heavy atom. The lowest BCUT2D eigenvalue weighted by molar-refractivity contribution is 0.414. The molecule has 1 aliphatic heterocycles. The Morgan fingerprint density at radius 3 is 2.68 bits per heavy atom. The van der Waals surface area contributed by atoms with Crippen molar-refractivity contribution in [2.45, 2.75) is 25.4 Å². The van der Waals surface area contributed by atoms with E-state index < -0.39 is 0 Å². The van der Waals surface area contributed by atoms with E-state index in [1.54, 1.807) is 11.3 Å². The minimum Gasteiger partial charge on any atom is -0.348 e. The molecular formula is C14H18N4S. The fourth-order valence-corrected chi connectivity index (χ4v) is 3.11. The lowest BCUT2D eigenvalue weighted by atomic mass is 10.1. The van der Waals surface area contributed by atoms with Crippen molar-refractivity contribution >= 4 is 16.5 Å². The quantitative estimate of drug-likeness (QED) is 0.929. The van der Waals surface area contributed by atoms with E-state index in [-0.39, 0.29) is 0 Å². The van der Waals surface area contributed by atoms with Crippen LogP contribution in [0.5, 0.6) is 0 Å². The van der Waals surface area contributed by atoms with Gasteiger partial charge in [0.1, 0.15) is 0 Å². The third-order valence-corrected chi connectivity index (χ3v) is 4.36. The maximum atomic E-state index is 4.38. The van der Waals surface area contributed by atoms with E-state index >= 15 is 0 Å². The molecule has 2 aromatic rings. The number of aromatic nitrogens is 2. The van der Waals surface area contributed by atoms with Gasteiger partial charge in [-0.2, -0.15) is 0 Å². The SMILES string of the molecule is c1cc(CNC2CCN(c3nccs3)CC2)ccn1. The van der Waals surface area contributed by atoms with E-state index in [1.165, 1.54) is 18.4 Å². The van der Waals surface area contributed by atoms with E-state index in [0.29, 0.717) is 6.04 Å². The summed E-state index contributed by atoms with van der Waals surface area (Å²) in [5.41, 5.74) is 1.30. The Labute approximate surface area is 117 Å². The summed E-state index contributed by atoms with van der Waals surface area (Å²) in [6.45, 7) is 3.13. The Morgan fingerprint density at radius 1 is 1.21 bits per heavy atom. The Bertz CT molecular complexity index is 477. The molecule has 0 amide bonds. The number of hydrogen-bond donors (Lipinski definition) is 1. The van der Waals surface area contributed by atoms with Crippen LogP contribution in [0.1, 0.15) is 18.4 Å². The molecule has 0 atom stereocenters. The van der Waals surface area contributed by atoms with Crippen LogP contribution in [0, 0.1) is 0 Å². The molecule has 1 fully saturated rings. The van der Waals surface area contributed by atoms with Crippen molar-refractivity contribution in [2.75, 3.05) is 18.0 Å². The molecule has 3 rings (SSSR count). The molecule has 100 valence electrons. The van der Waals surface area contributed by atoms with Crippen molar-refractivity contribution in [1.82, 2.24) is 15.3 Å². The van der Waals surface area contributed by atoms with Crippen LogP contribution < -0.4 is 10.2 Å². The number of nitrogens with one attached hydrogen (secondary N) is 1. The first-order valence-electron chi connectivity index (χ1n) is 6.68. The van der Waals surface area contributed by atoms with Crippen molar-refractivity contribution in [3.05, 3.63) is 41.7 Å². The van der Waals surface area contributed by atoms with E-state index in [2.05, 4.69) is 32.3 Å². The van der Waals surface area contributed by atoms with Gasteiger partial charge in [0, 0.05) is 49.6 Å². The fraction of sp³-hybridized carbons (Fsp3) is 0.429. The van der Waals surface area contributed by atoms with Gasteiger partial charge in [-0.25, -0.2) is 4.98 Å². The van der Waals surface area contributed by atoms with Gasteiger partial charge in [0.2, 0.25) is 0 Å². The van der Waals surface area contributed by atoms with E-state index in [1.807, 2.05) is 24.0 Å². The van der Waals surface area contributed by atoms with Crippen LogP contribution in [0.15, 0.2) is 36.1 Å².